The minimum absolute atomic E-state index is 0.695. The van der Waals surface area contributed by atoms with Crippen LogP contribution in [0, 0.1) is 25.2 Å². The summed E-state index contributed by atoms with van der Waals surface area (Å²) >= 11 is 0. The van der Waals surface area contributed by atoms with Gasteiger partial charge in [0, 0.05) is 17.6 Å². The van der Waals surface area contributed by atoms with Crippen molar-refractivity contribution >= 4 is 0 Å². The van der Waals surface area contributed by atoms with E-state index in [-0.39, 0.29) is 0 Å². The molecule has 15 heavy (non-hydrogen) atoms. The van der Waals surface area contributed by atoms with E-state index in [4.69, 9.17) is 5.26 Å². The van der Waals surface area contributed by atoms with Crippen LogP contribution in [0.4, 0.5) is 0 Å². The first-order valence-corrected chi connectivity index (χ1v) is 4.87. The molecule has 0 fully saturated rings. The summed E-state index contributed by atoms with van der Waals surface area (Å²) in [6.07, 6.45) is 2.09. The van der Waals surface area contributed by atoms with Crippen molar-refractivity contribution in [3.8, 4) is 11.8 Å². The molecule has 2 heteroatoms. The van der Waals surface area contributed by atoms with E-state index in [9.17, 15) is 0 Å². The Morgan fingerprint density at radius 1 is 1.13 bits per heavy atom. The predicted molar refractivity (Wildman–Crippen MR) is 60.0 cm³/mol. The first-order chi connectivity index (χ1) is 7.20. The SMILES string of the molecule is Cc1cc(C)n(-c2ccc(C#N)cc2)c1. The molecule has 1 aromatic carbocycles. The molecule has 0 saturated carbocycles. The van der Waals surface area contributed by atoms with Gasteiger partial charge < -0.3 is 4.57 Å². The highest BCUT2D eigenvalue weighted by Gasteiger charge is 2.01. The standard InChI is InChI=1S/C13H12N2/c1-10-7-11(2)15(9-10)13-5-3-12(8-14)4-6-13/h3-7,9H,1-2H3. The summed E-state index contributed by atoms with van der Waals surface area (Å²) in [6, 6.07) is 11.9. The highest BCUT2D eigenvalue weighted by molar-refractivity contribution is 5.41. The van der Waals surface area contributed by atoms with Crippen LogP contribution >= 0.6 is 0 Å². The molecule has 1 aromatic heterocycles. The van der Waals surface area contributed by atoms with E-state index < -0.39 is 0 Å². The van der Waals surface area contributed by atoms with Gasteiger partial charge in [-0.1, -0.05) is 0 Å². The molecule has 0 amide bonds. The number of benzene rings is 1. The summed E-state index contributed by atoms with van der Waals surface area (Å²) < 4.78 is 2.12. The van der Waals surface area contributed by atoms with Gasteiger partial charge in [0.1, 0.15) is 0 Å². The van der Waals surface area contributed by atoms with Crippen LogP contribution in [0.5, 0.6) is 0 Å². The van der Waals surface area contributed by atoms with Crippen LogP contribution in [-0.2, 0) is 0 Å². The van der Waals surface area contributed by atoms with Crippen molar-refractivity contribution in [3.05, 3.63) is 53.3 Å². The fraction of sp³-hybridized carbons (Fsp3) is 0.154. The van der Waals surface area contributed by atoms with Gasteiger partial charge in [-0.2, -0.15) is 5.26 Å². The molecular weight excluding hydrogens is 184 g/mol. The van der Waals surface area contributed by atoms with Gasteiger partial charge in [-0.15, -0.1) is 0 Å². The topological polar surface area (TPSA) is 28.7 Å². The molecule has 2 rings (SSSR count). The molecule has 0 radical (unpaired) electrons. The Morgan fingerprint density at radius 2 is 1.80 bits per heavy atom. The number of rotatable bonds is 1. The second-order valence-corrected chi connectivity index (χ2v) is 3.69. The minimum Gasteiger partial charge on any atom is -0.321 e. The lowest BCUT2D eigenvalue weighted by Gasteiger charge is -2.05. The fourth-order valence-electron chi connectivity index (χ4n) is 1.72. The lowest BCUT2D eigenvalue weighted by atomic mass is 10.2. The molecule has 2 aromatic rings. The first kappa shape index (κ1) is 9.54. The molecule has 1 heterocycles. The Kier molecular flexibility index (Phi) is 2.31. The van der Waals surface area contributed by atoms with E-state index in [1.54, 1.807) is 0 Å². The maximum Gasteiger partial charge on any atom is 0.0991 e. The molecule has 0 atom stereocenters. The monoisotopic (exact) mass is 196 g/mol. The predicted octanol–water partition coefficient (Wildman–Crippen LogP) is 2.97. The van der Waals surface area contributed by atoms with E-state index >= 15 is 0 Å². The zero-order valence-corrected chi connectivity index (χ0v) is 8.86. The van der Waals surface area contributed by atoms with Crippen molar-refractivity contribution in [1.82, 2.24) is 4.57 Å². The van der Waals surface area contributed by atoms with Crippen molar-refractivity contribution in [2.45, 2.75) is 13.8 Å². The first-order valence-electron chi connectivity index (χ1n) is 4.87. The van der Waals surface area contributed by atoms with Gasteiger partial charge in [-0.05, 0) is 49.7 Å². The maximum absolute atomic E-state index is 8.70. The average Bonchev–Trinajstić information content (AvgIpc) is 2.58. The number of hydrogen-bond donors (Lipinski definition) is 0. The summed E-state index contributed by atoms with van der Waals surface area (Å²) in [5.74, 6) is 0. The average molecular weight is 196 g/mol. The number of aromatic nitrogens is 1. The van der Waals surface area contributed by atoms with Crippen LogP contribution in [-0.4, -0.2) is 4.57 Å². The van der Waals surface area contributed by atoms with Gasteiger partial charge in [0.25, 0.3) is 0 Å². The van der Waals surface area contributed by atoms with Crippen molar-refractivity contribution < 1.29 is 0 Å². The van der Waals surface area contributed by atoms with E-state index in [1.165, 1.54) is 11.3 Å². The van der Waals surface area contributed by atoms with Gasteiger partial charge in [-0.3, -0.25) is 0 Å². The zero-order chi connectivity index (χ0) is 10.8. The Morgan fingerprint density at radius 3 is 2.27 bits per heavy atom. The number of nitriles is 1. The van der Waals surface area contributed by atoms with Crippen LogP contribution in [0.15, 0.2) is 36.5 Å². The Bertz CT molecular complexity index is 512. The molecule has 2 nitrogen and oxygen atoms in total. The number of hydrogen-bond acceptors (Lipinski definition) is 1. The quantitative estimate of drug-likeness (QED) is 0.689. The Balaban J connectivity index is 2.46. The largest absolute Gasteiger partial charge is 0.321 e. The van der Waals surface area contributed by atoms with Gasteiger partial charge >= 0.3 is 0 Å². The van der Waals surface area contributed by atoms with Crippen LogP contribution in [0.2, 0.25) is 0 Å². The zero-order valence-electron chi connectivity index (χ0n) is 8.86. The van der Waals surface area contributed by atoms with Crippen LogP contribution < -0.4 is 0 Å². The lowest BCUT2D eigenvalue weighted by Crippen LogP contribution is -1.93. The summed E-state index contributed by atoms with van der Waals surface area (Å²) in [4.78, 5) is 0. The highest BCUT2D eigenvalue weighted by atomic mass is 15.0. The summed E-state index contributed by atoms with van der Waals surface area (Å²) in [6.45, 7) is 4.15. The maximum atomic E-state index is 8.70. The number of nitrogens with zero attached hydrogens (tertiary/aromatic N) is 2. The van der Waals surface area contributed by atoms with Crippen LogP contribution in [0.3, 0.4) is 0 Å². The van der Waals surface area contributed by atoms with Crippen molar-refractivity contribution in [2.24, 2.45) is 0 Å². The third-order valence-electron chi connectivity index (χ3n) is 2.42. The smallest absolute Gasteiger partial charge is 0.0991 e. The molecule has 74 valence electrons. The summed E-state index contributed by atoms with van der Waals surface area (Å²) in [7, 11) is 0. The third-order valence-corrected chi connectivity index (χ3v) is 2.42. The number of aryl methyl sites for hydroxylation is 2. The van der Waals surface area contributed by atoms with Crippen molar-refractivity contribution in [2.75, 3.05) is 0 Å². The normalized spacial score (nSPS) is 9.93. The summed E-state index contributed by atoms with van der Waals surface area (Å²) in [5, 5.41) is 8.70. The van der Waals surface area contributed by atoms with E-state index in [1.807, 2.05) is 24.3 Å². The Labute approximate surface area is 89.4 Å². The van der Waals surface area contributed by atoms with Gasteiger partial charge in [-0.25, -0.2) is 0 Å². The van der Waals surface area contributed by atoms with Gasteiger partial charge in [0.15, 0.2) is 0 Å². The minimum atomic E-state index is 0.695. The van der Waals surface area contributed by atoms with Gasteiger partial charge in [0.2, 0.25) is 0 Å². The second kappa shape index (κ2) is 3.62. The molecule has 0 aliphatic rings. The third kappa shape index (κ3) is 1.77. The molecule has 0 aliphatic heterocycles. The molecule has 0 aliphatic carbocycles. The molecule has 0 bridgehead atoms. The van der Waals surface area contributed by atoms with Crippen molar-refractivity contribution in [3.63, 3.8) is 0 Å². The van der Waals surface area contributed by atoms with Crippen molar-refractivity contribution in [1.29, 1.82) is 5.26 Å². The van der Waals surface area contributed by atoms with Gasteiger partial charge in [0.05, 0.1) is 11.6 Å². The van der Waals surface area contributed by atoms with E-state index in [0.717, 1.165) is 5.69 Å². The second-order valence-electron chi connectivity index (χ2n) is 3.69. The van der Waals surface area contributed by atoms with E-state index in [2.05, 4.69) is 36.7 Å². The van der Waals surface area contributed by atoms with Crippen LogP contribution in [0.1, 0.15) is 16.8 Å². The lowest BCUT2D eigenvalue weighted by molar-refractivity contribution is 1.01. The molecule has 0 N–H and O–H groups in total. The van der Waals surface area contributed by atoms with Crippen LogP contribution in [0.25, 0.3) is 5.69 Å². The van der Waals surface area contributed by atoms with E-state index in [0.29, 0.717) is 5.56 Å². The Hall–Kier alpha value is -2.01. The summed E-state index contributed by atoms with van der Waals surface area (Å²) in [5.41, 5.74) is 4.24. The molecule has 0 saturated heterocycles. The molecule has 0 spiro atoms. The fourth-order valence-corrected chi connectivity index (χ4v) is 1.72. The molecule has 0 unspecified atom stereocenters. The highest BCUT2D eigenvalue weighted by Crippen LogP contribution is 2.15. The molecular formula is C13H12N2.